The quantitative estimate of drug-likeness (QED) is 0.627. The van der Waals surface area contributed by atoms with E-state index in [9.17, 15) is 4.79 Å². The second-order valence-corrected chi connectivity index (χ2v) is 2.89. The molecule has 0 aromatic carbocycles. The maximum atomic E-state index is 10.5. The van der Waals surface area contributed by atoms with Crippen molar-refractivity contribution < 1.29 is 9.90 Å². The molecule has 12 heavy (non-hydrogen) atoms. The summed E-state index contributed by atoms with van der Waals surface area (Å²) in [4.78, 5) is 10.5. The van der Waals surface area contributed by atoms with E-state index in [0.29, 0.717) is 18.1 Å². The lowest BCUT2D eigenvalue weighted by atomic mass is 10.4. The number of aromatic carboxylic acids is 1. The summed E-state index contributed by atoms with van der Waals surface area (Å²) in [6.45, 7) is 0.578. The highest BCUT2D eigenvalue weighted by Crippen LogP contribution is 2.11. The van der Waals surface area contributed by atoms with Crippen molar-refractivity contribution in [2.75, 3.05) is 17.6 Å². The van der Waals surface area contributed by atoms with E-state index in [4.69, 9.17) is 5.11 Å². The monoisotopic (exact) mass is 205 g/mol. The Kier molecular flexibility index (Phi) is 3.30. The van der Waals surface area contributed by atoms with Gasteiger partial charge in [0, 0.05) is 12.3 Å². The molecule has 1 aromatic rings. The lowest BCUT2D eigenvalue weighted by molar-refractivity contribution is 0.0693. The molecule has 5 nitrogen and oxygen atoms in total. The summed E-state index contributed by atoms with van der Waals surface area (Å²) in [6, 6.07) is 0. The molecule has 1 aromatic heterocycles. The van der Waals surface area contributed by atoms with Gasteiger partial charge in [-0.3, -0.25) is 0 Å². The Hall–Kier alpha value is -0.820. The van der Waals surface area contributed by atoms with Crippen LogP contribution < -0.4 is 5.32 Å². The molecule has 0 spiro atoms. The molecular weight excluding hydrogens is 198 g/mol. The van der Waals surface area contributed by atoms with Crippen LogP contribution in [0.15, 0.2) is 0 Å². The molecule has 66 valence electrons. The number of hydrogen-bond donors (Lipinski definition) is 3. The molecule has 0 saturated carbocycles. The van der Waals surface area contributed by atoms with Crippen molar-refractivity contribution in [2.45, 2.75) is 0 Å². The Bertz CT molecular complexity index is 275. The SMILES string of the molecule is O=C(O)c1nsnc1NCCS. The Labute approximate surface area is 78.5 Å². The van der Waals surface area contributed by atoms with Crippen LogP contribution in [0.1, 0.15) is 10.5 Å². The number of aromatic nitrogens is 2. The van der Waals surface area contributed by atoms with Gasteiger partial charge in [0.2, 0.25) is 5.69 Å². The Morgan fingerprint density at radius 2 is 2.42 bits per heavy atom. The van der Waals surface area contributed by atoms with Crippen molar-refractivity contribution in [3.63, 3.8) is 0 Å². The minimum atomic E-state index is -1.06. The number of hydrogen-bond acceptors (Lipinski definition) is 6. The first-order valence-electron chi connectivity index (χ1n) is 3.16. The zero-order valence-corrected chi connectivity index (χ0v) is 7.73. The summed E-state index contributed by atoms with van der Waals surface area (Å²) in [6.07, 6.45) is 0. The first-order chi connectivity index (χ1) is 5.75. The number of rotatable bonds is 4. The molecule has 0 amide bonds. The molecule has 0 saturated heterocycles. The molecule has 0 aliphatic carbocycles. The molecule has 0 aliphatic rings. The van der Waals surface area contributed by atoms with E-state index in [2.05, 4.69) is 26.7 Å². The van der Waals surface area contributed by atoms with Crippen LogP contribution in [-0.2, 0) is 0 Å². The van der Waals surface area contributed by atoms with Gasteiger partial charge in [-0.2, -0.15) is 21.4 Å². The highest BCUT2D eigenvalue weighted by Gasteiger charge is 2.13. The predicted octanol–water partition coefficient (Wildman–Crippen LogP) is 0.578. The third kappa shape index (κ3) is 2.08. The number of anilines is 1. The second kappa shape index (κ2) is 4.27. The summed E-state index contributed by atoms with van der Waals surface area (Å²) < 4.78 is 7.39. The fourth-order valence-electron chi connectivity index (χ4n) is 0.619. The molecular formula is C5H7N3O2S2. The number of carboxylic acid groups (broad SMARTS) is 1. The Balaban J connectivity index is 2.70. The first kappa shape index (κ1) is 9.27. The second-order valence-electron chi connectivity index (χ2n) is 1.92. The van der Waals surface area contributed by atoms with Crippen LogP contribution in [-0.4, -0.2) is 32.1 Å². The van der Waals surface area contributed by atoms with E-state index in [1.165, 1.54) is 0 Å². The van der Waals surface area contributed by atoms with E-state index in [1.54, 1.807) is 0 Å². The van der Waals surface area contributed by atoms with Crippen LogP contribution >= 0.6 is 24.4 Å². The van der Waals surface area contributed by atoms with Gasteiger partial charge < -0.3 is 10.4 Å². The summed E-state index contributed by atoms with van der Waals surface area (Å²) in [5.74, 6) is -0.122. The third-order valence-electron chi connectivity index (χ3n) is 1.10. The van der Waals surface area contributed by atoms with Gasteiger partial charge in [0.1, 0.15) is 0 Å². The van der Waals surface area contributed by atoms with E-state index in [1.807, 2.05) is 0 Å². The van der Waals surface area contributed by atoms with Crippen molar-refractivity contribution in [3.05, 3.63) is 5.69 Å². The van der Waals surface area contributed by atoms with Gasteiger partial charge in [0.25, 0.3) is 0 Å². The molecule has 0 aliphatic heterocycles. The van der Waals surface area contributed by atoms with Crippen LogP contribution in [0.5, 0.6) is 0 Å². The number of carboxylic acids is 1. The van der Waals surface area contributed by atoms with E-state index < -0.39 is 5.97 Å². The molecule has 1 heterocycles. The third-order valence-corrected chi connectivity index (χ3v) is 1.85. The topological polar surface area (TPSA) is 75.1 Å². The van der Waals surface area contributed by atoms with Crippen molar-refractivity contribution in [2.24, 2.45) is 0 Å². The number of nitrogens with one attached hydrogen (secondary N) is 1. The van der Waals surface area contributed by atoms with Crippen LogP contribution in [0.3, 0.4) is 0 Å². The van der Waals surface area contributed by atoms with Gasteiger partial charge in [-0.1, -0.05) is 0 Å². The zero-order valence-electron chi connectivity index (χ0n) is 6.02. The zero-order chi connectivity index (χ0) is 8.97. The molecule has 2 N–H and O–H groups in total. The average molecular weight is 205 g/mol. The first-order valence-corrected chi connectivity index (χ1v) is 4.52. The van der Waals surface area contributed by atoms with Gasteiger partial charge in [-0.05, 0) is 0 Å². The summed E-state index contributed by atoms with van der Waals surface area (Å²) in [5.41, 5.74) is -0.0261. The van der Waals surface area contributed by atoms with E-state index in [0.717, 1.165) is 11.7 Å². The van der Waals surface area contributed by atoms with Crippen molar-refractivity contribution in [1.29, 1.82) is 0 Å². The van der Waals surface area contributed by atoms with Gasteiger partial charge in [0.15, 0.2) is 5.82 Å². The number of thiol groups is 1. The van der Waals surface area contributed by atoms with E-state index >= 15 is 0 Å². The van der Waals surface area contributed by atoms with Crippen molar-refractivity contribution in [3.8, 4) is 0 Å². The van der Waals surface area contributed by atoms with Crippen molar-refractivity contribution in [1.82, 2.24) is 8.75 Å². The largest absolute Gasteiger partial charge is 0.476 e. The average Bonchev–Trinajstić information content (AvgIpc) is 2.48. The molecule has 0 atom stereocenters. The maximum Gasteiger partial charge on any atom is 0.359 e. The minimum absolute atomic E-state index is 0.0261. The fourth-order valence-corrected chi connectivity index (χ4v) is 1.25. The van der Waals surface area contributed by atoms with Crippen LogP contribution in [0.4, 0.5) is 5.82 Å². The lowest BCUT2D eigenvalue weighted by Gasteiger charge is -1.98. The van der Waals surface area contributed by atoms with Gasteiger partial charge in [-0.15, -0.1) is 0 Å². The number of nitrogens with zero attached hydrogens (tertiary/aromatic N) is 2. The highest BCUT2D eigenvalue weighted by atomic mass is 32.1. The van der Waals surface area contributed by atoms with Crippen LogP contribution in [0.2, 0.25) is 0 Å². The van der Waals surface area contributed by atoms with Gasteiger partial charge >= 0.3 is 5.97 Å². The van der Waals surface area contributed by atoms with Gasteiger partial charge in [-0.25, -0.2) is 4.79 Å². The molecule has 0 bridgehead atoms. The summed E-state index contributed by atoms with van der Waals surface area (Å²) in [5, 5.41) is 11.4. The standard InChI is InChI=1S/C5H7N3O2S2/c9-5(10)3-4(6-1-2-11)8-12-7-3/h11H,1-2H2,(H,6,8)(H,9,10). The lowest BCUT2D eigenvalue weighted by Crippen LogP contribution is -2.08. The molecule has 7 heteroatoms. The maximum absolute atomic E-state index is 10.5. The fraction of sp³-hybridized carbons (Fsp3) is 0.400. The minimum Gasteiger partial charge on any atom is -0.476 e. The van der Waals surface area contributed by atoms with Gasteiger partial charge in [0.05, 0.1) is 11.7 Å². The van der Waals surface area contributed by atoms with Crippen LogP contribution in [0, 0.1) is 0 Å². The Morgan fingerprint density at radius 1 is 1.67 bits per heavy atom. The Morgan fingerprint density at radius 3 is 3.00 bits per heavy atom. The highest BCUT2D eigenvalue weighted by molar-refractivity contribution is 7.80. The summed E-state index contributed by atoms with van der Waals surface area (Å²) >= 11 is 4.84. The molecule has 0 unspecified atom stereocenters. The van der Waals surface area contributed by atoms with E-state index in [-0.39, 0.29) is 5.69 Å². The van der Waals surface area contributed by atoms with Crippen LogP contribution in [0.25, 0.3) is 0 Å². The van der Waals surface area contributed by atoms with Crippen molar-refractivity contribution >= 4 is 36.1 Å². The molecule has 0 radical (unpaired) electrons. The molecule has 0 fully saturated rings. The smallest absolute Gasteiger partial charge is 0.359 e. The number of carbonyl (C=O) groups is 1. The normalized spacial score (nSPS) is 9.75. The summed E-state index contributed by atoms with van der Waals surface area (Å²) in [7, 11) is 0. The molecule has 1 rings (SSSR count). The predicted molar refractivity (Wildman–Crippen MR) is 49.2 cm³/mol.